The predicted octanol–water partition coefficient (Wildman–Crippen LogP) is 3.19. The van der Waals surface area contributed by atoms with Crippen LogP contribution < -0.4 is 16.0 Å². The van der Waals surface area contributed by atoms with Crippen molar-refractivity contribution in [2.45, 2.75) is 64.6 Å². The molecule has 29 heavy (non-hydrogen) atoms. The van der Waals surface area contributed by atoms with Gasteiger partial charge in [-0.15, -0.1) is 0 Å². The number of rotatable bonds is 5. The highest BCUT2D eigenvalue weighted by Crippen LogP contribution is 2.37. The Morgan fingerprint density at radius 2 is 2.10 bits per heavy atom. The van der Waals surface area contributed by atoms with Gasteiger partial charge in [0.25, 0.3) is 0 Å². The molecule has 2 aromatic heterocycles. The normalized spacial score (nSPS) is 21.0. The molecule has 2 heterocycles. The second kappa shape index (κ2) is 7.70. The van der Waals surface area contributed by atoms with Crippen LogP contribution in [0.3, 0.4) is 0 Å². The van der Waals surface area contributed by atoms with Crippen molar-refractivity contribution < 1.29 is 9.53 Å². The SMILES string of the molecule is CCNc1nc(NC2CC(C)(OC(=O)NC(C)(C)C)C2)nc2cnc(C#N)cc12. The molecule has 9 nitrogen and oxygen atoms in total. The summed E-state index contributed by atoms with van der Waals surface area (Å²) in [5, 5.41) is 19.2. The van der Waals surface area contributed by atoms with Crippen molar-refractivity contribution in [2.75, 3.05) is 17.2 Å². The number of nitrogens with one attached hydrogen (secondary N) is 3. The van der Waals surface area contributed by atoms with Crippen LogP contribution in [0.25, 0.3) is 10.9 Å². The van der Waals surface area contributed by atoms with Crippen LogP contribution in [0.4, 0.5) is 16.6 Å². The standard InChI is InChI=1S/C20H27N7O2/c1-6-22-16-14-7-12(10-21)23-11-15(14)25-17(26-16)24-13-8-20(5,9-13)29-18(28)27-19(2,3)4/h7,11,13H,6,8-9H2,1-5H3,(H,27,28)(H2,22,24,25,26). The first-order chi connectivity index (χ1) is 13.6. The minimum Gasteiger partial charge on any atom is -0.443 e. The van der Waals surface area contributed by atoms with Gasteiger partial charge in [-0.25, -0.2) is 14.8 Å². The van der Waals surface area contributed by atoms with Crippen molar-refractivity contribution in [3.63, 3.8) is 0 Å². The van der Waals surface area contributed by atoms with E-state index in [4.69, 9.17) is 10.00 Å². The Morgan fingerprint density at radius 3 is 2.72 bits per heavy atom. The Morgan fingerprint density at radius 1 is 1.38 bits per heavy atom. The number of alkyl carbamates (subject to hydrolysis) is 1. The summed E-state index contributed by atoms with van der Waals surface area (Å²) < 4.78 is 5.59. The molecule has 1 aliphatic rings. The maximum absolute atomic E-state index is 12.0. The van der Waals surface area contributed by atoms with E-state index >= 15 is 0 Å². The van der Waals surface area contributed by atoms with E-state index in [0.29, 0.717) is 42.4 Å². The summed E-state index contributed by atoms with van der Waals surface area (Å²) in [5.74, 6) is 1.13. The number of fused-ring (bicyclic) bond motifs is 1. The lowest BCUT2D eigenvalue weighted by molar-refractivity contribution is -0.0413. The highest BCUT2D eigenvalue weighted by molar-refractivity contribution is 5.90. The van der Waals surface area contributed by atoms with Gasteiger partial charge >= 0.3 is 6.09 Å². The quantitative estimate of drug-likeness (QED) is 0.702. The number of carbonyl (C=O) groups is 1. The van der Waals surface area contributed by atoms with Gasteiger partial charge in [-0.2, -0.15) is 10.2 Å². The van der Waals surface area contributed by atoms with E-state index in [1.165, 1.54) is 0 Å². The van der Waals surface area contributed by atoms with Crippen molar-refractivity contribution in [1.82, 2.24) is 20.3 Å². The summed E-state index contributed by atoms with van der Waals surface area (Å²) in [6.07, 6.45) is 2.49. The van der Waals surface area contributed by atoms with Crippen LogP contribution in [-0.2, 0) is 4.74 Å². The molecule has 3 rings (SSSR count). The smallest absolute Gasteiger partial charge is 0.408 e. The lowest BCUT2D eigenvalue weighted by Gasteiger charge is -2.44. The molecule has 0 unspecified atom stereocenters. The van der Waals surface area contributed by atoms with Gasteiger partial charge in [0.05, 0.1) is 11.7 Å². The second-order valence-corrected chi connectivity index (χ2v) is 8.59. The van der Waals surface area contributed by atoms with Gasteiger partial charge in [0.1, 0.15) is 23.2 Å². The number of ether oxygens (including phenoxy) is 1. The Kier molecular flexibility index (Phi) is 5.46. The van der Waals surface area contributed by atoms with Crippen LogP contribution in [0, 0.1) is 11.3 Å². The van der Waals surface area contributed by atoms with Crippen LogP contribution in [0.5, 0.6) is 0 Å². The molecule has 0 radical (unpaired) electrons. The number of aromatic nitrogens is 3. The van der Waals surface area contributed by atoms with Crippen molar-refractivity contribution in [3.05, 3.63) is 18.0 Å². The van der Waals surface area contributed by atoms with Gasteiger partial charge in [0.2, 0.25) is 5.95 Å². The van der Waals surface area contributed by atoms with Gasteiger partial charge in [0.15, 0.2) is 0 Å². The van der Waals surface area contributed by atoms with Crippen molar-refractivity contribution in [1.29, 1.82) is 5.26 Å². The number of hydrogen-bond donors (Lipinski definition) is 3. The summed E-state index contributed by atoms with van der Waals surface area (Å²) in [6.45, 7) is 10.3. The molecule has 0 aromatic carbocycles. The maximum atomic E-state index is 12.0. The van der Waals surface area contributed by atoms with Gasteiger partial charge in [-0.3, -0.25) is 0 Å². The summed E-state index contributed by atoms with van der Waals surface area (Å²) in [7, 11) is 0. The first-order valence-corrected chi connectivity index (χ1v) is 9.70. The average molecular weight is 397 g/mol. The van der Waals surface area contributed by atoms with E-state index in [-0.39, 0.29) is 11.6 Å². The number of carbonyl (C=O) groups excluding carboxylic acids is 1. The van der Waals surface area contributed by atoms with Crippen LogP contribution in [0.1, 0.15) is 53.2 Å². The van der Waals surface area contributed by atoms with Crippen molar-refractivity contribution >= 4 is 28.8 Å². The number of hydrogen-bond acceptors (Lipinski definition) is 8. The Bertz CT molecular complexity index is 956. The fourth-order valence-corrected chi connectivity index (χ4v) is 3.37. The summed E-state index contributed by atoms with van der Waals surface area (Å²) >= 11 is 0. The largest absolute Gasteiger partial charge is 0.443 e. The molecule has 0 atom stereocenters. The first-order valence-electron chi connectivity index (χ1n) is 9.70. The molecule has 3 N–H and O–H groups in total. The lowest BCUT2D eigenvalue weighted by atomic mass is 9.77. The number of amides is 1. The van der Waals surface area contributed by atoms with Crippen LogP contribution in [0.2, 0.25) is 0 Å². The Balaban J connectivity index is 1.68. The van der Waals surface area contributed by atoms with Crippen molar-refractivity contribution in [2.24, 2.45) is 0 Å². The van der Waals surface area contributed by atoms with E-state index in [1.54, 1.807) is 12.3 Å². The number of nitrogens with zero attached hydrogens (tertiary/aromatic N) is 4. The minimum atomic E-state index is -0.516. The van der Waals surface area contributed by atoms with E-state index < -0.39 is 11.7 Å². The maximum Gasteiger partial charge on any atom is 0.408 e. The number of anilines is 2. The van der Waals surface area contributed by atoms with E-state index in [9.17, 15) is 4.79 Å². The number of nitriles is 1. The molecule has 0 bridgehead atoms. The molecule has 1 saturated carbocycles. The molecular weight excluding hydrogens is 370 g/mol. The molecule has 1 amide bonds. The molecule has 9 heteroatoms. The molecule has 0 aliphatic heterocycles. The molecular formula is C20H27N7O2. The predicted molar refractivity (Wildman–Crippen MR) is 111 cm³/mol. The minimum absolute atomic E-state index is 0.0979. The van der Waals surface area contributed by atoms with Gasteiger partial charge in [-0.05, 0) is 40.7 Å². The third-order valence-electron chi connectivity index (χ3n) is 4.55. The lowest BCUT2D eigenvalue weighted by Crippen LogP contribution is -2.54. The molecule has 1 fully saturated rings. The van der Waals surface area contributed by atoms with Crippen LogP contribution in [0.15, 0.2) is 12.3 Å². The Labute approximate surface area is 170 Å². The second-order valence-electron chi connectivity index (χ2n) is 8.59. The molecule has 0 saturated heterocycles. The molecule has 1 aliphatic carbocycles. The van der Waals surface area contributed by atoms with E-state index in [0.717, 1.165) is 5.39 Å². The number of pyridine rings is 1. The third kappa shape index (κ3) is 5.02. The molecule has 154 valence electrons. The Hall–Kier alpha value is -3.15. The van der Waals surface area contributed by atoms with Gasteiger partial charge in [-0.1, -0.05) is 0 Å². The van der Waals surface area contributed by atoms with Gasteiger partial charge < -0.3 is 20.7 Å². The fraction of sp³-hybridized carbons (Fsp3) is 0.550. The van der Waals surface area contributed by atoms with E-state index in [1.807, 2.05) is 40.7 Å². The zero-order valence-electron chi connectivity index (χ0n) is 17.5. The highest BCUT2D eigenvalue weighted by Gasteiger charge is 2.44. The highest BCUT2D eigenvalue weighted by atomic mass is 16.6. The fourth-order valence-electron chi connectivity index (χ4n) is 3.37. The van der Waals surface area contributed by atoms with Gasteiger partial charge in [0, 0.05) is 36.4 Å². The van der Waals surface area contributed by atoms with Crippen molar-refractivity contribution in [3.8, 4) is 6.07 Å². The first kappa shape index (κ1) is 20.6. The third-order valence-corrected chi connectivity index (χ3v) is 4.55. The zero-order valence-corrected chi connectivity index (χ0v) is 17.5. The summed E-state index contributed by atoms with van der Waals surface area (Å²) in [5.41, 5.74) is 0.120. The molecule has 0 spiro atoms. The van der Waals surface area contributed by atoms with Crippen LogP contribution in [-0.4, -0.2) is 44.8 Å². The summed E-state index contributed by atoms with van der Waals surface area (Å²) in [6, 6.07) is 3.81. The summed E-state index contributed by atoms with van der Waals surface area (Å²) in [4.78, 5) is 25.2. The van der Waals surface area contributed by atoms with E-state index in [2.05, 4.69) is 30.9 Å². The van der Waals surface area contributed by atoms with Crippen LogP contribution >= 0.6 is 0 Å². The zero-order chi connectivity index (χ0) is 21.2. The topological polar surface area (TPSA) is 125 Å². The average Bonchev–Trinajstić information content (AvgIpc) is 2.58. The monoisotopic (exact) mass is 397 g/mol. The molecule has 2 aromatic rings.